The quantitative estimate of drug-likeness (QED) is 0.792. The lowest BCUT2D eigenvalue weighted by molar-refractivity contribution is 0.578. The standard InChI is InChI=1S/C8H14N2S2/c1-9-7(3-5-11-2)8-10-4-6-12-8/h4,6-7,9H,3,5H2,1-2H3. The van der Waals surface area contributed by atoms with Crippen LogP contribution in [0.3, 0.4) is 0 Å². The van der Waals surface area contributed by atoms with Gasteiger partial charge in [0.1, 0.15) is 5.01 Å². The number of thioether (sulfide) groups is 1. The van der Waals surface area contributed by atoms with Crippen molar-refractivity contribution in [3.05, 3.63) is 16.6 Å². The summed E-state index contributed by atoms with van der Waals surface area (Å²) < 4.78 is 0. The van der Waals surface area contributed by atoms with E-state index in [1.54, 1.807) is 11.3 Å². The summed E-state index contributed by atoms with van der Waals surface area (Å²) in [6.45, 7) is 0. The Bertz CT molecular complexity index is 199. The first-order valence-corrected chi connectivity index (χ1v) is 6.21. The van der Waals surface area contributed by atoms with Gasteiger partial charge >= 0.3 is 0 Å². The van der Waals surface area contributed by atoms with E-state index < -0.39 is 0 Å². The van der Waals surface area contributed by atoms with Crippen LogP contribution in [0, 0.1) is 0 Å². The molecule has 0 radical (unpaired) electrons. The summed E-state index contributed by atoms with van der Waals surface area (Å²) in [6.07, 6.45) is 5.16. The summed E-state index contributed by atoms with van der Waals surface area (Å²) >= 11 is 3.60. The SMILES string of the molecule is CNC(CCSC)c1nccs1. The first-order chi connectivity index (χ1) is 5.88. The number of aromatic nitrogens is 1. The van der Waals surface area contributed by atoms with Crippen LogP contribution in [-0.4, -0.2) is 24.0 Å². The maximum Gasteiger partial charge on any atom is 0.109 e. The van der Waals surface area contributed by atoms with Crippen molar-refractivity contribution in [2.45, 2.75) is 12.5 Å². The normalized spacial score (nSPS) is 13.2. The third-order valence-electron chi connectivity index (χ3n) is 1.71. The molecule has 0 bridgehead atoms. The smallest absolute Gasteiger partial charge is 0.109 e. The van der Waals surface area contributed by atoms with Crippen molar-refractivity contribution < 1.29 is 0 Å². The average molecular weight is 202 g/mol. The maximum absolute atomic E-state index is 4.29. The maximum atomic E-state index is 4.29. The van der Waals surface area contributed by atoms with Gasteiger partial charge in [0.2, 0.25) is 0 Å². The second-order valence-electron chi connectivity index (χ2n) is 2.49. The summed E-state index contributed by atoms with van der Waals surface area (Å²) in [5.41, 5.74) is 0. The van der Waals surface area contributed by atoms with Crippen molar-refractivity contribution in [3.63, 3.8) is 0 Å². The fourth-order valence-electron chi connectivity index (χ4n) is 1.03. The minimum Gasteiger partial charge on any atom is -0.311 e. The number of nitrogens with one attached hydrogen (secondary N) is 1. The van der Waals surface area contributed by atoms with Crippen molar-refractivity contribution >= 4 is 23.1 Å². The van der Waals surface area contributed by atoms with Gasteiger partial charge in [-0.1, -0.05) is 0 Å². The van der Waals surface area contributed by atoms with Gasteiger partial charge in [-0.05, 0) is 25.5 Å². The van der Waals surface area contributed by atoms with E-state index >= 15 is 0 Å². The van der Waals surface area contributed by atoms with E-state index in [1.807, 2.05) is 30.4 Å². The van der Waals surface area contributed by atoms with Gasteiger partial charge < -0.3 is 5.32 Å². The van der Waals surface area contributed by atoms with Gasteiger partial charge in [-0.15, -0.1) is 11.3 Å². The van der Waals surface area contributed by atoms with Crippen LogP contribution in [0.15, 0.2) is 11.6 Å². The highest BCUT2D eigenvalue weighted by molar-refractivity contribution is 7.98. The highest BCUT2D eigenvalue weighted by atomic mass is 32.2. The molecular weight excluding hydrogens is 188 g/mol. The monoisotopic (exact) mass is 202 g/mol. The Morgan fingerprint density at radius 2 is 2.58 bits per heavy atom. The van der Waals surface area contributed by atoms with Crippen LogP contribution in [0.4, 0.5) is 0 Å². The summed E-state index contributed by atoms with van der Waals surface area (Å²) in [5, 5.41) is 6.50. The Labute approximate surface area is 81.8 Å². The van der Waals surface area contributed by atoms with Gasteiger partial charge in [-0.25, -0.2) is 4.98 Å². The summed E-state index contributed by atoms with van der Waals surface area (Å²) in [5.74, 6) is 1.19. The zero-order valence-corrected chi connectivity index (χ0v) is 9.04. The summed E-state index contributed by atoms with van der Waals surface area (Å²) in [4.78, 5) is 4.29. The molecule has 0 amide bonds. The van der Waals surface area contributed by atoms with Gasteiger partial charge in [-0.3, -0.25) is 0 Å². The number of thiazole rings is 1. The summed E-state index contributed by atoms with van der Waals surface area (Å²) in [6, 6.07) is 0.442. The van der Waals surface area contributed by atoms with Crippen molar-refractivity contribution in [1.29, 1.82) is 0 Å². The fourth-order valence-corrected chi connectivity index (χ4v) is 2.29. The second-order valence-corrected chi connectivity index (χ2v) is 4.40. The fraction of sp³-hybridized carbons (Fsp3) is 0.625. The molecule has 0 aliphatic rings. The van der Waals surface area contributed by atoms with Crippen LogP contribution >= 0.6 is 23.1 Å². The lowest BCUT2D eigenvalue weighted by atomic mass is 10.2. The minimum atomic E-state index is 0.442. The molecule has 4 heteroatoms. The van der Waals surface area contributed by atoms with Crippen LogP contribution in [0.2, 0.25) is 0 Å². The molecule has 1 unspecified atom stereocenters. The number of hydrogen-bond acceptors (Lipinski definition) is 4. The molecule has 0 fully saturated rings. The molecule has 1 aromatic heterocycles. The van der Waals surface area contributed by atoms with Gasteiger partial charge in [-0.2, -0.15) is 11.8 Å². The largest absolute Gasteiger partial charge is 0.311 e. The molecule has 1 heterocycles. The van der Waals surface area contributed by atoms with Gasteiger partial charge in [0.15, 0.2) is 0 Å². The van der Waals surface area contributed by atoms with Crippen molar-refractivity contribution in [2.75, 3.05) is 19.1 Å². The van der Waals surface area contributed by atoms with Crippen LogP contribution in [0.1, 0.15) is 17.5 Å². The molecule has 0 spiro atoms. The van der Waals surface area contributed by atoms with E-state index in [2.05, 4.69) is 16.6 Å². The van der Waals surface area contributed by atoms with Gasteiger partial charge in [0, 0.05) is 11.6 Å². The van der Waals surface area contributed by atoms with Crippen LogP contribution in [0.25, 0.3) is 0 Å². The Morgan fingerprint density at radius 3 is 3.08 bits per heavy atom. The van der Waals surface area contributed by atoms with E-state index in [-0.39, 0.29) is 0 Å². The Hall–Kier alpha value is -0.0600. The number of nitrogens with zero attached hydrogens (tertiary/aromatic N) is 1. The molecule has 0 aliphatic heterocycles. The number of rotatable bonds is 5. The first-order valence-electron chi connectivity index (χ1n) is 3.94. The zero-order valence-electron chi connectivity index (χ0n) is 7.41. The summed E-state index contributed by atoms with van der Waals surface area (Å²) in [7, 11) is 1.99. The molecule has 2 nitrogen and oxygen atoms in total. The molecule has 68 valence electrons. The van der Waals surface area contributed by atoms with Gasteiger partial charge in [0.05, 0.1) is 6.04 Å². The van der Waals surface area contributed by atoms with Gasteiger partial charge in [0.25, 0.3) is 0 Å². The molecule has 0 aromatic carbocycles. The predicted molar refractivity (Wildman–Crippen MR) is 56.9 cm³/mol. The average Bonchev–Trinajstić information content (AvgIpc) is 2.59. The van der Waals surface area contributed by atoms with E-state index in [0.29, 0.717) is 6.04 Å². The first kappa shape index (κ1) is 10.0. The molecule has 1 rings (SSSR count). The molecule has 0 saturated carbocycles. The Balaban J connectivity index is 2.45. The van der Waals surface area contributed by atoms with Crippen LogP contribution < -0.4 is 5.32 Å². The van der Waals surface area contributed by atoms with Crippen LogP contribution in [0.5, 0.6) is 0 Å². The van der Waals surface area contributed by atoms with E-state index in [0.717, 1.165) is 6.42 Å². The van der Waals surface area contributed by atoms with Crippen molar-refractivity contribution in [2.24, 2.45) is 0 Å². The molecule has 1 N–H and O–H groups in total. The minimum absolute atomic E-state index is 0.442. The van der Waals surface area contributed by atoms with Crippen LogP contribution in [-0.2, 0) is 0 Å². The molecule has 0 saturated heterocycles. The molecule has 1 aromatic rings. The topological polar surface area (TPSA) is 24.9 Å². The lowest BCUT2D eigenvalue weighted by Gasteiger charge is -2.11. The molecule has 0 aliphatic carbocycles. The van der Waals surface area contributed by atoms with E-state index in [1.165, 1.54) is 10.8 Å². The zero-order chi connectivity index (χ0) is 8.81. The third kappa shape index (κ3) is 2.77. The van der Waals surface area contributed by atoms with E-state index in [9.17, 15) is 0 Å². The molecule has 1 atom stereocenters. The molecule has 12 heavy (non-hydrogen) atoms. The number of hydrogen-bond donors (Lipinski definition) is 1. The second kappa shape index (κ2) is 5.56. The highest BCUT2D eigenvalue weighted by Gasteiger charge is 2.09. The Kier molecular flexibility index (Phi) is 4.65. The molecular formula is C8H14N2S2. The lowest BCUT2D eigenvalue weighted by Crippen LogP contribution is -2.16. The highest BCUT2D eigenvalue weighted by Crippen LogP contribution is 2.19. The Morgan fingerprint density at radius 1 is 1.75 bits per heavy atom. The van der Waals surface area contributed by atoms with Crippen molar-refractivity contribution in [3.8, 4) is 0 Å². The predicted octanol–water partition coefficient (Wildman–Crippen LogP) is 2.16. The van der Waals surface area contributed by atoms with Crippen molar-refractivity contribution in [1.82, 2.24) is 10.3 Å². The third-order valence-corrected chi connectivity index (χ3v) is 3.24. The van der Waals surface area contributed by atoms with E-state index in [4.69, 9.17) is 0 Å².